The largest absolute Gasteiger partial charge is 0.385 e. The van der Waals surface area contributed by atoms with Gasteiger partial charge in [-0.2, -0.15) is 0 Å². The van der Waals surface area contributed by atoms with Gasteiger partial charge < -0.3 is 33.5 Å². The molecular formula is C34H46O7. The van der Waals surface area contributed by atoms with Crippen molar-refractivity contribution in [2.24, 2.45) is 23.2 Å². The van der Waals surface area contributed by atoms with E-state index in [1.807, 2.05) is 6.92 Å². The van der Waals surface area contributed by atoms with E-state index in [1.165, 1.54) is 29.6 Å². The van der Waals surface area contributed by atoms with Crippen molar-refractivity contribution in [3.05, 3.63) is 46.5 Å². The van der Waals surface area contributed by atoms with Gasteiger partial charge in [0.15, 0.2) is 11.6 Å². The summed E-state index contributed by atoms with van der Waals surface area (Å²) in [7, 11) is 1.75. The zero-order valence-corrected chi connectivity index (χ0v) is 24.9. The number of hydrogen-bond acceptors (Lipinski definition) is 7. The molecule has 5 aliphatic carbocycles. The summed E-state index contributed by atoms with van der Waals surface area (Å²) >= 11 is 0. The van der Waals surface area contributed by atoms with Crippen molar-refractivity contribution in [3.63, 3.8) is 0 Å². The lowest BCUT2D eigenvalue weighted by molar-refractivity contribution is -0.208. The minimum atomic E-state index is -0.854. The third-order valence-corrected chi connectivity index (χ3v) is 12.5. The Labute approximate surface area is 243 Å². The zero-order chi connectivity index (χ0) is 28.1. The maximum Gasteiger partial charge on any atom is 0.192 e. The van der Waals surface area contributed by atoms with Crippen molar-refractivity contribution in [2.45, 2.75) is 93.9 Å². The molecule has 2 aliphatic heterocycles. The second-order valence-electron chi connectivity index (χ2n) is 14.3. The number of methoxy groups -OCH3 is 1. The van der Waals surface area contributed by atoms with Gasteiger partial charge in [-0.25, -0.2) is 0 Å². The van der Waals surface area contributed by atoms with Crippen LogP contribution < -0.4 is 0 Å². The fourth-order valence-electron chi connectivity index (χ4n) is 10.5. The lowest BCUT2D eigenvalue weighted by Gasteiger charge is -2.57. The number of rotatable bonds is 6. The molecule has 0 bridgehead atoms. The summed E-state index contributed by atoms with van der Waals surface area (Å²) in [5.41, 5.74) is 4.40. The first-order valence-corrected chi connectivity index (χ1v) is 16.0. The van der Waals surface area contributed by atoms with Crippen LogP contribution in [0, 0.1) is 23.2 Å². The molecule has 1 spiro atoms. The predicted molar refractivity (Wildman–Crippen MR) is 151 cm³/mol. The van der Waals surface area contributed by atoms with E-state index >= 15 is 0 Å². The molecule has 2 saturated heterocycles. The quantitative estimate of drug-likeness (QED) is 0.375. The van der Waals surface area contributed by atoms with Crippen molar-refractivity contribution in [2.75, 3.05) is 46.8 Å². The maximum atomic E-state index is 12.3. The average molecular weight is 567 g/mol. The van der Waals surface area contributed by atoms with Gasteiger partial charge in [-0.05, 0) is 74.3 Å². The standard InChI is InChI=1S/C34H46O7/c1-30-20-26(22-4-6-23(7-5-22)31(2)37-14-15-38-31)29-25(28(30)18-24-19-34(24,30)41-13-12-36-3)8-10-32(35)21-33(11-9-27(29)32)39-16-17-40-33/h4-7,24-26,28,35H,8-21H2,1-3H3/t24-,25-,26+,28-,30-,32+,34-/m0/s1. The van der Waals surface area contributed by atoms with Crippen molar-refractivity contribution < 1.29 is 33.5 Å². The van der Waals surface area contributed by atoms with E-state index in [0.29, 0.717) is 63.8 Å². The number of aliphatic hydroxyl groups is 1. The normalized spacial score (nSPS) is 43.5. The molecule has 7 atom stereocenters. The summed E-state index contributed by atoms with van der Waals surface area (Å²) in [6.45, 7) is 8.34. The van der Waals surface area contributed by atoms with E-state index in [1.54, 1.807) is 7.11 Å². The molecule has 1 aromatic carbocycles. The summed E-state index contributed by atoms with van der Waals surface area (Å²) < 4.78 is 36.3. The molecule has 41 heavy (non-hydrogen) atoms. The number of fused-ring (bicyclic) bond motifs is 6. The molecule has 6 fully saturated rings. The molecule has 8 rings (SSSR count). The van der Waals surface area contributed by atoms with Crippen LogP contribution in [0.1, 0.15) is 82.3 Å². The Kier molecular flexibility index (Phi) is 6.21. The van der Waals surface area contributed by atoms with Crippen LogP contribution in [0.5, 0.6) is 0 Å². The molecule has 7 nitrogen and oxygen atoms in total. The first-order chi connectivity index (χ1) is 19.8. The Morgan fingerprint density at radius 2 is 1.66 bits per heavy atom. The number of ether oxygens (including phenoxy) is 6. The van der Waals surface area contributed by atoms with Crippen molar-refractivity contribution >= 4 is 0 Å². The Bertz CT molecular complexity index is 1210. The molecule has 1 N–H and O–H groups in total. The van der Waals surface area contributed by atoms with Crippen LogP contribution in [-0.4, -0.2) is 68.8 Å². The molecule has 1 aromatic rings. The Hall–Kier alpha value is -1.32. The summed E-state index contributed by atoms with van der Waals surface area (Å²) in [6.07, 6.45) is 7.49. The van der Waals surface area contributed by atoms with Gasteiger partial charge in [0.05, 0.1) is 50.8 Å². The fraction of sp³-hybridized carbons (Fsp3) is 0.765. The molecule has 4 saturated carbocycles. The summed E-state index contributed by atoms with van der Waals surface area (Å²) in [4.78, 5) is 0. The van der Waals surface area contributed by atoms with Gasteiger partial charge in [-0.1, -0.05) is 36.8 Å². The Morgan fingerprint density at radius 3 is 2.39 bits per heavy atom. The van der Waals surface area contributed by atoms with Crippen LogP contribution in [0.3, 0.4) is 0 Å². The van der Waals surface area contributed by atoms with Gasteiger partial charge in [0.25, 0.3) is 0 Å². The lowest BCUT2D eigenvalue weighted by atomic mass is 9.50. The third-order valence-electron chi connectivity index (χ3n) is 12.5. The van der Waals surface area contributed by atoms with E-state index < -0.39 is 17.2 Å². The predicted octanol–water partition coefficient (Wildman–Crippen LogP) is 5.21. The molecule has 7 heteroatoms. The Balaban J connectivity index is 1.20. The van der Waals surface area contributed by atoms with E-state index in [-0.39, 0.29) is 16.9 Å². The van der Waals surface area contributed by atoms with Crippen molar-refractivity contribution in [1.29, 1.82) is 0 Å². The highest BCUT2D eigenvalue weighted by atomic mass is 16.7. The third kappa shape index (κ3) is 3.89. The second kappa shape index (κ2) is 9.34. The lowest BCUT2D eigenvalue weighted by Crippen LogP contribution is -2.54. The molecule has 2 heterocycles. The fourth-order valence-corrected chi connectivity index (χ4v) is 10.5. The van der Waals surface area contributed by atoms with Gasteiger partial charge in [0, 0.05) is 36.8 Å². The van der Waals surface area contributed by atoms with Crippen LogP contribution in [0.4, 0.5) is 0 Å². The van der Waals surface area contributed by atoms with Gasteiger partial charge >= 0.3 is 0 Å². The maximum absolute atomic E-state index is 12.3. The zero-order valence-electron chi connectivity index (χ0n) is 24.9. The summed E-state index contributed by atoms with van der Waals surface area (Å²) in [6, 6.07) is 8.98. The van der Waals surface area contributed by atoms with Gasteiger partial charge in [-0.15, -0.1) is 0 Å². The van der Waals surface area contributed by atoms with E-state index in [0.717, 1.165) is 37.7 Å². The van der Waals surface area contributed by atoms with E-state index in [4.69, 9.17) is 28.4 Å². The monoisotopic (exact) mass is 566 g/mol. The molecule has 0 aromatic heterocycles. The number of hydrogen-bond donors (Lipinski definition) is 1. The second-order valence-corrected chi connectivity index (χ2v) is 14.3. The van der Waals surface area contributed by atoms with Crippen molar-refractivity contribution in [1.82, 2.24) is 0 Å². The molecular weight excluding hydrogens is 520 g/mol. The first-order valence-electron chi connectivity index (χ1n) is 16.0. The summed E-state index contributed by atoms with van der Waals surface area (Å²) in [5, 5.41) is 12.3. The highest BCUT2D eigenvalue weighted by molar-refractivity contribution is 5.46. The number of allylic oxidation sites excluding steroid dienone is 1. The van der Waals surface area contributed by atoms with Crippen LogP contribution in [-0.2, 0) is 34.2 Å². The molecule has 224 valence electrons. The summed E-state index contributed by atoms with van der Waals surface area (Å²) in [5.74, 6) is 0.647. The van der Waals surface area contributed by atoms with Crippen LogP contribution in [0.15, 0.2) is 35.4 Å². The minimum absolute atomic E-state index is 0.0422. The number of benzene rings is 1. The van der Waals surface area contributed by atoms with Crippen LogP contribution >= 0.6 is 0 Å². The first kappa shape index (κ1) is 27.2. The minimum Gasteiger partial charge on any atom is -0.385 e. The van der Waals surface area contributed by atoms with Crippen LogP contribution in [0.25, 0.3) is 0 Å². The van der Waals surface area contributed by atoms with Gasteiger partial charge in [0.2, 0.25) is 0 Å². The molecule has 0 amide bonds. The average Bonchev–Trinajstić information content (AvgIpc) is 3.22. The van der Waals surface area contributed by atoms with Gasteiger partial charge in [0.1, 0.15) is 0 Å². The smallest absolute Gasteiger partial charge is 0.192 e. The van der Waals surface area contributed by atoms with Crippen LogP contribution in [0.2, 0.25) is 0 Å². The molecule has 7 aliphatic rings. The molecule has 0 radical (unpaired) electrons. The van der Waals surface area contributed by atoms with E-state index in [2.05, 4.69) is 31.2 Å². The highest BCUT2D eigenvalue weighted by Crippen LogP contribution is 2.77. The Morgan fingerprint density at radius 1 is 0.927 bits per heavy atom. The SMILES string of the molecule is COCCO[C@@]12C[C@@H]1C[C@H]1[C@@H]3CC[C@@]4(O)CC5(CCC4=C3[C@@H](c3ccc(C4(C)OCCO4)cc3)C[C@@]12C)OCCO5. The van der Waals surface area contributed by atoms with Gasteiger partial charge in [-0.3, -0.25) is 0 Å². The molecule has 0 unspecified atom stereocenters. The van der Waals surface area contributed by atoms with Crippen molar-refractivity contribution in [3.8, 4) is 0 Å². The highest BCUT2D eigenvalue weighted by Gasteiger charge is 2.76. The topological polar surface area (TPSA) is 75.6 Å². The van der Waals surface area contributed by atoms with E-state index in [9.17, 15) is 5.11 Å².